The fraction of sp³-hybridized carbons (Fsp3) is 0.800. The number of hydrogen-bond donors (Lipinski definition) is 0. The van der Waals surface area contributed by atoms with Crippen LogP contribution in [0, 0.1) is 0 Å². The molecular weight excluding hydrogens is 269 g/mol. The second-order valence-electron chi connectivity index (χ2n) is 6.71. The standard InChI is InChI=1S/C15H26BNO4/c1-14(2)15(3,4)21-16(20-14)9-6-7-10-17-11-8-12(17)13(18)19-5/h6,9,12H,7-8,10-11H2,1-5H3/b9-6+/t12-/m0/s1. The van der Waals surface area contributed by atoms with Crippen molar-refractivity contribution in [3.8, 4) is 0 Å². The van der Waals surface area contributed by atoms with Crippen LogP contribution in [0.5, 0.6) is 0 Å². The Labute approximate surface area is 127 Å². The largest absolute Gasteiger partial charge is 0.486 e. The first-order valence-electron chi connectivity index (χ1n) is 7.61. The average molecular weight is 295 g/mol. The minimum atomic E-state index is -0.296. The molecule has 6 heteroatoms. The van der Waals surface area contributed by atoms with Gasteiger partial charge in [0, 0.05) is 13.1 Å². The summed E-state index contributed by atoms with van der Waals surface area (Å²) in [5, 5.41) is 0. The predicted octanol–water partition coefficient (Wildman–Crippen LogP) is 1.81. The number of ether oxygens (including phenoxy) is 1. The highest BCUT2D eigenvalue weighted by Gasteiger charge is 2.49. The van der Waals surface area contributed by atoms with Gasteiger partial charge in [0.1, 0.15) is 6.04 Å². The van der Waals surface area contributed by atoms with E-state index in [0.29, 0.717) is 0 Å². The third-order valence-corrected chi connectivity index (χ3v) is 4.75. The van der Waals surface area contributed by atoms with Crippen molar-refractivity contribution in [2.75, 3.05) is 20.2 Å². The average Bonchev–Trinajstić information content (AvgIpc) is 2.55. The number of carbonyl (C=O) groups excluding carboxylic acids is 1. The number of carbonyl (C=O) groups is 1. The normalized spacial score (nSPS) is 27.9. The van der Waals surface area contributed by atoms with Gasteiger partial charge in [-0.1, -0.05) is 12.1 Å². The molecule has 0 aliphatic carbocycles. The lowest BCUT2D eigenvalue weighted by molar-refractivity contribution is -0.151. The molecule has 0 N–H and O–H groups in total. The van der Waals surface area contributed by atoms with Gasteiger partial charge in [-0.05, 0) is 40.5 Å². The van der Waals surface area contributed by atoms with E-state index in [-0.39, 0.29) is 30.3 Å². The quantitative estimate of drug-likeness (QED) is 0.572. The third-order valence-electron chi connectivity index (χ3n) is 4.75. The second-order valence-corrected chi connectivity index (χ2v) is 6.71. The molecule has 0 saturated carbocycles. The zero-order chi connectivity index (χ0) is 15.7. The van der Waals surface area contributed by atoms with Crippen LogP contribution in [-0.4, -0.2) is 55.4 Å². The van der Waals surface area contributed by atoms with Crippen LogP contribution in [0.3, 0.4) is 0 Å². The smallest absolute Gasteiger partial charge is 0.468 e. The highest BCUT2D eigenvalue weighted by atomic mass is 16.7. The lowest BCUT2D eigenvalue weighted by Gasteiger charge is -2.38. The van der Waals surface area contributed by atoms with Gasteiger partial charge >= 0.3 is 13.1 Å². The first-order chi connectivity index (χ1) is 9.77. The van der Waals surface area contributed by atoms with E-state index in [1.165, 1.54) is 7.11 Å². The van der Waals surface area contributed by atoms with E-state index in [2.05, 4.69) is 11.0 Å². The van der Waals surface area contributed by atoms with Crippen LogP contribution in [0.2, 0.25) is 0 Å². The van der Waals surface area contributed by atoms with Crippen LogP contribution >= 0.6 is 0 Å². The van der Waals surface area contributed by atoms with Gasteiger partial charge in [0.05, 0.1) is 18.3 Å². The van der Waals surface area contributed by atoms with Crippen molar-refractivity contribution < 1.29 is 18.8 Å². The Balaban J connectivity index is 1.74. The summed E-state index contributed by atoms with van der Waals surface area (Å²) in [5.74, 6) is 1.83. The molecule has 21 heavy (non-hydrogen) atoms. The molecular formula is C15H26BNO4. The first-order valence-corrected chi connectivity index (χ1v) is 7.61. The maximum Gasteiger partial charge on any atom is 0.486 e. The lowest BCUT2D eigenvalue weighted by Crippen LogP contribution is -2.52. The molecule has 5 nitrogen and oxygen atoms in total. The number of hydrogen-bond acceptors (Lipinski definition) is 5. The Morgan fingerprint density at radius 3 is 2.43 bits per heavy atom. The maximum atomic E-state index is 11.5. The molecule has 0 aromatic carbocycles. The van der Waals surface area contributed by atoms with Gasteiger partial charge in [0.25, 0.3) is 0 Å². The van der Waals surface area contributed by atoms with Crippen molar-refractivity contribution in [2.45, 2.75) is 57.8 Å². The van der Waals surface area contributed by atoms with E-state index in [9.17, 15) is 4.79 Å². The molecule has 2 rings (SSSR count). The van der Waals surface area contributed by atoms with Gasteiger partial charge in [-0.15, -0.1) is 0 Å². The molecule has 1 atom stereocenters. The van der Waals surface area contributed by atoms with Gasteiger partial charge in [-0.3, -0.25) is 9.69 Å². The monoisotopic (exact) mass is 295 g/mol. The molecule has 0 spiro atoms. The second kappa shape index (κ2) is 6.11. The lowest BCUT2D eigenvalue weighted by atomic mass is 9.89. The summed E-state index contributed by atoms with van der Waals surface area (Å²) in [6.45, 7) is 9.99. The Morgan fingerprint density at radius 2 is 1.95 bits per heavy atom. The van der Waals surface area contributed by atoms with Crippen LogP contribution < -0.4 is 0 Å². The summed E-state index contributed by atoms with van der Waals surface area (Å²) in [7, 11) is 1.15. The minimum Gasteiger partial charge on any atom is -0.468 e. The zero-order valence-electron chi connectivity index (χ0n) is 13.7. The van der Waals surface area contributed by atoms with Crippen LogP contribution in [0.4, 0.5) is 0 Å². The third kappa shape index (κ3) is 3.50. The molecule has 2 heterocycles. The van der Waals surface area contributed by atoms with Gasteiger partial charge in [0.2, 0.25) is 0 Å². The van der Waals surface area contributed by atoms with Crippen molar-refractivity contribution in [1.82, 2.24) is 4.90 Å². The highest BCUT2D eigenvalue weighted by Crippen LogP contribution is 2.36. The topological polar surface area (TPSA) is 48.0 Å². The summed E-state index contributed by atoms with van der Waals surface area (Å²) >= 11 is 0. The number of likely N-dealkylation sites (tertiary alicyclic amines) is 1. The molecule has 0 amide bonds. The SMILES string of the molecule is COC(=O)[C@@H]1CCN1CC/C=C/B1OC(C)(C)C(C)(C)O1. The fourth-order valence-electron chi connectivity index (χ4n) is 2.53. The van der Waals surface area contributed by atoms with Crippen LogP contribution in [0.25, 0.3) is 0 Å². The number of esters is 1. The Hall–Kier alpha value is -0.845. The van der Waals surface area contributed by atoms with Crippen LogP contribution in [-0.2, 0) is 18.8 Å². The molecule has 2 aliphatic rings. The molecule has 0 aromatic heterocycles. The zero-order valence-corrected chi connectivity index (χ0v) is 13.7. The van der Waals surface area contributed by atoms with Crippen molar-refractivity contribution >= 4 is 13.1 Å². The summed E-state index contributed by atoms with van der Waals surface area (Å²) in [5.41, 5.74) is -0.592. The van der Waals surface area contributed by atoms with Crippen molar-refractivity contribution in [3.05, 3.63) is 12.1 Å². The van der Waals surface area contributed by atoms with Crippen LogP contribution in [0.1, 0.15) is 40.5 Å². The number of methoxy groups -OCH3 is 1. The Bertz CT molecular complexity index is 406. The summed E-state index contributed by atoms with van der Waals surface area (Å²) in [4.78, 5) is 13.6. The summed E-state index contributed by atoms with van der Waals surface area (Å²) in [6.07, 6.45) is 3.83. The minimum absolute atomic E-state index is 0.0553. The Morgan fingerprint density at radius 1 is 1.33 bits per heavy atom. The van der Waals surface area contributed by atoms with E-state index >= 15 is 0 Å². The van der Waals surface area contributed by atoms with Crippen molar-refractivity contribution in [3.63, 3.8) is 0 Å². The molecule has 0 aromatic rings. The molecule has 0 radical (unpaired) electrons. The van der Waals surface area contributed by atoms with Gasteiger partial charge < -0.3 is 14.0 Å². The first kappa shape index (κ1) is 16.5. The van der Waals surface area contributed by atoms with E-state index in [4.69, 9.17) is 14.0 Å². The molecule has 0 bridgehead atoms. The highest BCUT2D eigenvalue weighted by molar-refractivity contribution is 6.51. The predicted molar refractivity (Wildman–Crippen MR) is 81.8 cm³/mol. The van der Waals surface area contributed by atoms with E-state index in [1.54, 1.807) is 0 Å². The van der Waals surface area contributed by atoms with Gasteiger partial charge in [0.15, 0.2) is 0 Å². The number of rotatable bonds is 5. The van der Waals surface area contributed by atoms with E-state index in [0.717, 1.165) is 25.9 Å². The van der Waals surface area contributed by atoms with E-state index < -0.39 is 0 Å². The Kier molecular flexibility index (Phi) is 4.80. The number of nitrogens with zero attached hydrogens (tertiary/aromatic N) is 1. The summed E-state index contributed by atoms with van der Waals surface area (Å²) < 4.78 is 16.6. The van der Waals surface area contributed by atoms with Gasteiger partial charge in [-0.25, -0.2) is 0 Å². The fourth-order valence-corrected chi connectivity index (χ4v) is 2.53. The van der Waals surface area contributed by atoms with Crippen LogP contribution in [0.15, 0.2) is 12.1 Å². The van der Waals surface area contributed by atoms with Crippen molar-refractivity contribution in [2.24, 2.45) is 0 Å². The van der Waals surface area contributed by atoms with Crippen molar-refractivity contribution in [1.29, 1.82) is 0 Å². The summed E-state index contributed by atoms with van der Waals surface area (Å²) in [6, 6.07) is -0.0553. The van der Waals surface area contributed by atoms with E-state index in [1.807, 2.05) is 33.7 Å². The molecule has 0 unspecified atom stereocenters. The molecule has 2 saturated heterocycles. The molecule has 2 fully saturated rings. The van der Waals surface area contributed by atoms with Gasteiger partial charge in [-0.2, -0.15) is 0 Å². The molecule has 2 aliphatic heterocycles. The maximum absolute atomic E-state index is 11.5. The molecule has 118 valence electrons.